The molecule has 0 N–H and O–H groups in total. The molecule has 0 aliphatic carbocycles. The topological polar surface area (TPSA) is 64.4 Å². The highest BCUT2D eigenvalue weighted by molar-refractivity contribution is 5.89. The highest BCUT2D eigenvalue weighted by atomic mass is 16.5. The molecule has 1 aliphatic heterocycles. The summed E-state index contributed by atoms with van der Waals surface area (Å²) >= 11 is 0. The van der Waals surface area contributed by atoms with Crippen LogP contribution in [0.3, 0.4) is 0 Å². The minimum atomic E-state index is -0.418. The monoisotopic (exact) mass is 237 g/mol. The van der Waals surface area contributed by atoms with Crippen LogP contribution in [-0.2, 0) is 29.5 Å². The van der Waals surface area contributed by atoms with E-state index in [1.165, 1.54) is 7.11 Å². The molecule has 2 rings (SSSR count). The quantitative estimate of drug-likeness (QED) is 0.650. The van der Waals surface area contributed by atoms with Crippen molar-refractivity contribution >= 4 is 11.9 Å². The molecule has 17 heavy (non-hydrogen) atoms. The van der Waals surface area contributed by atoms with Crippen molar-refractivity contribution in [1.29, 1.82) is 0 Å². The molecule has 0 bridgehead atoms. The Morgan fingerprint density at radius 1 is 1.41 bits per heavy atom. The van der Waals surface area contributed by atoms with Crippen LogP contribution >= 0.6 is 0 Å². The summed E-state index contributed by atoms with van der Waals surface area (Å²) in [6, 6.07) is 0. The summed E-state index contributed by atoms with van der Waals surface area (Å²) in [6.45, 7) is 2.67. The Labute approximate surface area is 99.1 Å². The van der Waals surface area contributed by atoms with Crippen LogP contribution in [-0.4, -0.2) is 40.2 Å². The lowest BCUT2D eigenvalue weighted by atomic mass is 10.0. The van der Waals surface area contributed by atoms with Gasteiger partial charge in [-0.1, -0.05) is 0 Å². The van der Waals surface area contributed by atoms with Gasteiger partial charge in [0.05, 0.1) is 19.3 Å². The van der Waals surface area contributed by atoms with Gasteiger partial charge in [-0.25, -0.2) is 4.79 Å². The normalized spacial score (nSPS) is 14.4. The summed E-state index contributed by atoms with van der Waals surface area (Å²) in [5, 5.41) is 4.16. The highest BCUT2D eigenvalue weighted by Crippen LogP contribution is 2.22. The average molecular weight is 237 g/mol. The summed E-state index contributed by atoms with van der Waals surface area (Å²) in [7, 11) is 3.11. The number of hydrogen-bond donors (Lipinski definition) is 0. The van der Waals surface area contributed by atoms with E-state index in [0.717, 1.165) is 11.3 Å². The number of aryl methyl sites for hydroxylation is 1. The van der Waals surface area contributed by atoms with Crippen LogP contribution in [0.2, 0.25) is 0 Å². The first-order valence-electron chi connectivity index (χ1n) is 5.43. The number of rotatable bonds is 1. The largest absolute Gasteiger partial charge is 0.464 e. The second kappa shape index (κ2) is 4.20. The predicted molar refractivity (Wildman–Crippen MR) is 59.3 cm³/mol. The number of methoxy groups -OCH3 is 1. The first-order chi connectivity index (χ1) is 8.04. The van der Waals surface area contributed by atoms with Crippen molar-refractivity contribution < 1.29 is 14.3 Å². The van der Waals surface area contributed by atoms with Crippen molar-refractivity contribution in [3.63, 3.8) is 0 Å². The molecule has 92 valence electrons. The van der Waals surface area contributed by atoms with Crippen LogP contribution in [0.1, 0.15) is 28.7 Å². The molecule has 0 fully saturated rings. The van der Waals surface area contributed by atoms with E-state index >= 15 is 0 Å². The Hall–Kier alpha value is -1.85. The van der Waals surface area contributed by atoms with E-state index in [0.29, 0.717) is 25.2 Å². The minimum Gasteiger partial charge on any atom is -0.464 e. The van der Waals surface area contributed by atoms with Gasteiger partial charge in [0.25, 0.3) is 0 Å². The molecule has 0 unspecified atom stereocenters. The molecule has 0 atom stereocenters. The van der Waals surface area contributed by atoms with Gasteiger partial charge in [0.2, 0.25) is 5.91 Å². The lowest BCUT2D eigenvalue weighted by Gasteiger charge is -2.26. The molecule has 1 aromatic rings. The lowest BCUT2D eigenvalue weighted by molar-refractivity contribution is -0.129. The fourth-order valence-electron chi connectivity index (χ4n) is 2.10. The second-order valence-corrected chi connectivity index (χ2v) is 4.08. The van der Waals surface area contributed by atoms with Crippen LogP contribution in [0.5, 0.6) is 0 Å². The van der Waals surface area contributed by atoms with Gasteiger partial charge in [0, 0.05) is 26.1 Å². The highest BCUT2D eigenvalue weighted by Gasteiger charge is 2.28. The van der Waals surface area contributed by atoms with Crippen molar-refractivity contribution in [1.82, 2.24) is 14.7 Å². The number of aromatic nitrogens is 2. The van der Waals surface area contributed by atoms with Crippen LogP contribution < -0.4 is 0 Å². The van der Waals surface area contributed by atoms with Gasteiger partial charge in [-0.3, -0.25) is 9.48 Å². The Morgan fingerprint density at radius 3 is 2.71 bits per heavy atom. The van der Waals surface area contributed by atoms with Crippen LogP contribution in [0, 0.1) is 0 Å². The summed E-state index contributed by atoms with van der Waals surface area (Å²) in [4.78, 5) is 24.6. The summed E-state index contributed by atoms with van der Waals surface area (Å²) in [5.74, 6) is -0.380. The van der Waals surface area contributed by atoms with E-state index in [2.05, 4.69) is 5.10 Å². The van der Waals surface area contributed by atoms with Crippen molar-refractivity contribution in [3.05, 3.63) is 17.0 Å². The number of esters is 1. The van der Waals surface area contributed by atoms with E-state index in [9.17, 15) is 9.59 Å². The number of amides is 1. The van der Waals surface area contributed by atoms with Crippen LogP contribution in [0.25, 0.3) is 0 Å². The maximum absolute atomic E-state index is 11.5. The first kappa shape index (κ1) is 11.6. The number of fused-ring (bicyclic) bond motifs is 1. The van der Waals surface area contributed by atoms with Gasteiger partial charge < -0.3 is 9.64 Å². The third kappa shape index (κ3) is 1.90. The molecule has 6 nitrogen and oxygen atoms in total. The zero-order valence-electron chi connectivity index (χ0n) is 10.2. The average Bonchev–Trinajstić information content (AvgIpc) is 2.65. The number of hydrogen-bond acceptors (Lipinski definition) is 4. The smallest absolute Gasteiger partial charge is 0.358 e. The fourth-order valence-corrected chi connectivity index (χ4v) is 2.10. The fraction of sp³-hybridized carbons (Fsp3) is 0.545. The van der Waals surface area contributed by atoms with Gasteiger partial charge in [0.15, 0.2) is 5.69 Å². The Morgan fingerprint density at radius 2 is 2.12 bits per heavy atom. The van der Waals surface area contributed by atoms with E-state index in [1.54, 1.807) is 23.6 Å². The summed E-state index contributed by atoms with van der Waals surface area (Å²) in [6.07, 6.45) is 0.646. The minimum absolute atomic E-state index is 0.0384. The Balaban J connectivity index is 2.37. The molecule has 2 heterocycles. The molecule has 1 aliphatic rings. The first-order valence-corrected chi connectivity index (χ1v) is 5.43. The molecule has 0 aromatic carbocycles. The van der Waals surface area contributed by atoms with E-state index < -0.39 is 5.97 Å². The number of carbonyl (C=O) groups is 2. The molecule has 0 spiro atoms. The van der Waals surface area contributed by atoms with Crippen molar-refractivity contribution in [2.24, 2.45) is 7.05 Å². The van der Waals surface area contributed by atoms with E-state index in [1.807, 2.05) is 0 Å². The molecule has 1 amide bonds. The van der Waals surface area contributed by atoms with Gasteiger partial charge in [-0.15, -0.1) is 0 Å². The molecule has 0 saturated heterocycles. The third-order valence-corrected chi connectivity index (χ3v) is 3.07. The van der Waals surface area contributed by atoms with E-state index in [-0.39, 0.29) is 5.91 Å². The molecular weight excluding hydrogens is 222 g/mol. The Kier molecular flexibility index (Phi) is 2.87. The number of ether oxygens (including phenoxy) is 1. The van der Waals surface area contributed by atoms with Gasteiger partial charge in [-0.05, 0) is 6.42 Å². The van der Waals surface area contributed by atoms with Gasteiger partial charge in [0.1, 0.15) is 0 Å². The Bertz CT molecular complexity index is 479. The molecule has 1 aromatic heterocycles. The molecule has 0 radical (unpaired) electrons. The second-order valence-electron chi connectivity index (χ2n) is 4.08. The van der Waals surface area contributed by atoms with Crippen molar-refractivity contribution in [2.75, 3.05) is 13.7 Å². The van der Waals surface area contributed by atoms with Crippen molar-refractivity contribution in [2.45, 2.75) is 19.9 Å². The van der Waals surface area contributed by atoms with Gasteiger partial charge >= 0.3 is 5.97 Å². The summed E-state index contributed by atoms with van der Waals surface area (Å²) < 4.78 is 6.34. The maximum Gasteiger partial charge on any atom is 0.358 e. The van der Waals surface area contributed by atoms with Crippen molar-refractivity contribution in [3.8, 4) is 0 Å². The molecule has 6 heteroatoms. The van der Waals surface area contributed by atoms with Crippen LogP contribution in [0.15, 0.2) is 0 Å². The van der Waals surface area contributed by atoms with Gasteiger partial charge in [-0.2, -0.15) is 5.10 Å². The van der Waals surface area contributed by atoms with E-state index in [4.69, 9.17) is 4.74 Å². The SMILES string of the molecule is COC(=O)c1nn(C)c2c1CCN(C(C)=O)C2. The third-order valence-electron chi connectivity index (χ3n) is 3.07. The molecular formula is C11H15N3O3. The molecule has 0 saturated carbocycles. The predicted octanol–water partition coefficient (Wildman–Crippen LogP) is 0.111. The maximum atomic E-state index is 11.5. The van der Waals surface area contributed by atoms with Crippen LogP contribution in [0.4, 0.5) is 0 Å². The standard InChI is InChI=1S/C11H15N3O3/c1-7(15)14-5-4-8-9(6-14)13(2)12-10(8)11(16)17-3/h4-6H2,1-3H3. The number of nitrogens with zero attached hydrogens (tertiary/aromatic N) is 3. The number of carbonyl (C=O) groups excluding carboxylic acids is 2. The zero-order valence-corrected chi connectivity index (χ0v) is 10.2. The zero-order chi connectivity index (χ0) is 12.6. The summed E-state index contributed by atoms with van der Waals surface area (Å²) in [5.41, 5.74) is 2.18. The lowest BCUT2D eigenvalue weighted by Crippen LogP contribution is -2.35.